The van der Waals surface area contributed by atoms with Crippen LogP contribution in [0.4, 0.5) is 11.4 Å². The molecule has 4 N–H and O–H groups in total. The van der Waals surface area contributed by atoms with Crippen molar-refractivity contribution in [2.45, 2.75) is 5.75 Å². The van der Waals surface area contributed by atoms with Gasteiger partial charge in [0.05, 0.1) is 11.4 Å². The van der Waals surface area contributed by atoms with Gasteiger partial charge in [0.2, 0.25) is 10.0 Å². The first-order valence-corrected chi connectivity index (χ1v) is 7.24. The summed E-state index contributed by atoms with van der Waals surface area (Å²) in [4.78, 5) is 0. The highest BCUT2D eigenvalue weighted by molar-refractivity contribution is 7.91. The predicted molar refractivity (Wildman–Crippen MR) is 75.2 cm³/mol. The summed E-state index contributed by atoms with van der Waals surface area (Å²) in [7, 11) is -3.52. The molecule has 0 aliphatic rings. The number of rotatable bonds is 4. The van der Waals surface area contributed by atoms with E-state index in [0.717, 1.165) is 0 Å². The average molecular weight is 278 g/mol. The summed E-state index contributed by atoms with van der Waals surface area (Å²) >= 11 is 0. The van der Waals surface area contributed by atoms with E-state index in [2.05, 4.69) is 4.72 Å². The van der Waals surface area contributed by atoms with Crippen LogP contribution in [-0.4, -0.2) is 13.5 Å². The molecule has 0 amide bonds. The van der Waals surface area contributed by atoms with E-state index < -0.39 is 10.0 Å². The van der Waals surface area contributed by atoms with Crippen molar-refractivity contribution in [2.75, 3.05) is 10.5 Å². The van der Waals surface area contributed by atoms with Crippen molar-refractivity contribution in [3.63, 3.8) is 0 Å². The number of aromatic hydroxyl groups is 1. The number of hydrogen-bond donors (Lipinski definition) is 3. The Morgan fingerprint density at radius 2 is 1.79 bits per heavy atom. The van der Waals surface area contributed by atoms with E-state index in [1.165, 1.54) is 12.1 Å². The fourth-order valence-electron chi connectivity index (χ4n) is 1.62. The third kappa shape index (κ3) is 3.89. The van der Waals surface area contributed by atoms with Crippen molar-refractivity contribution in [3.05, 3.63) is 54.1 Å². The minimum atomic E-state index is -3.52. The molecule has 6 heteroatoms. The number of nitrogens with one attached hydrogen (secondary N) is 1. The summed E-state index contributed by atoms with van der Waals surface area (Å²) in [5.74, 6) is -0.143. The number of anilines is 2. The van der Waals surface area contributed by atoms with Gasteiger partial charge in [-0.3, -0.25) is 4.72 Å². The lowest BCUT2D eigenvalue weighted by atomic mass is 10.2. The van der Waals surface area contributed by atoms with Crippen LogP contribution in [0.5, 0.6) is 5.75 Å². The van der Waals surface area contributed by atoms with Gasteiger partial charge >= 0.3 is 0 Å². The van der Waals surface area contributed by atoms with Crippen LogP contribution in [0.1, 0.15) is 5.56 Å². The molecule has 2 rings (SSSR count). The zero-order valence-electron chi connectivity index (χ0n) is 10.1. The predicted octanol–water partition coefficient (Wildman–Crippen LogP) is 1.92. The molecule has 0 fully saturated rings. The molecular weight excluding hydrogens is 264 g/mol. The van der Waals surface area contributed by atoms with Crippen LogP contribution in [0.3, 0.4) is 0 Å². The van der Waals surface area contributed by atoms with Crippen LogP contribution < -0.4 is 10.5 Å². The Morgan fingerprint density at radius 1 is 1.11 bits per heavy atom. The normalized spacial score (nSPS) is 11.2. The van der Waals surface area contributed by atoms with Gasteiger partial charge in [-0.05, 0) is 29.8 Å². The molecule has 0 atom stereocenters. The zero-order chi connectivity index (χ0) is 13.9. The van der Waals surface area contributed by atoms with Gasteiger partial charge in [0.1, 0.15) is 5.75 Å². The third-order valence-electron chi connectivity index (χ3n) is 2.46. The fraction of sp³-hybridized carbons (Fsp3) is 0.0769. The quantitative estimate of drug-likeness (QED) is 0.745. The first-order valence-electron chi connectivity index (χ1n) is 5.58. The highest BCUT2D eigenvalue weighted by Gasteiger charge is 2.11. The van der Waals surface area contributed by atoms with Gasteiger partial charge in [-0.1, -0.05) is 18.2 Å². The molecule has 0 aliphatic carbocycles. The van der Waals surface area contributed by atoms with E-state index >= 15 is 0 Å². The van der Waals surface area contributed by atoms with Crippen molar-refractivity contribution in [1.29, 1.82) is 0 Å². The first-order chi connectivity index (χ1) is 8.94. The van der Waals surface area contributed by atoms with Gasteiger partial charge in [0, 0.05) is 11.8 Å². The number of benzene rings is 2. The second-order valence-corrected chi connectivity index (χ2v) is 5.88. The van der Waals surface area contributed by atoms with Crippen LogP contribution in [0, 0.1) is 0 Å². The summed E-state index contributed by atoms with van der Waals surface area (Å²) in [5, 5.41) is 9.28. The van der Waals surface area contributed by atoms with Gasteiger partial charge in [-0.15, -0.1) is 0 Å². The largest absolute Gasteiger partial charge is 0.508 e. The number of nitrogen functional groups attached to an aromatic ring is 1. The highest BCUT2D eigenvalue weighted by Crippen LogP contribution is 2.18. The molecule has 0 heterocycles. The molecule has 2 aromatic carbocycles. The van der Waals surface area contributed by atoms with Crippen LogP contribution in [0.15, 0.2) is 48.5 Å². The Labute approximate surface area is 111 Å². The van der Waals surface area contributed by atoms with Crippen molar-refractivity contribution in [2.24, 2.45) is 0 Å². The van der Waals surface area contributed by atoms with E-state index in [-0.39, 0.29) is 11.5 Å². The molecule has 0 bridgehead atoms. The van der Waals surface area contributed by atoms with E-state index in [0.29, 0.717) is 16.9 Å². The first kappa shape index (κ1) is 13.2. The van der Waals surface area contributed by atoms with Crippen LogP contribution in [0.2, 0.25) is 0 Å². The van der Waals surface area contributed by atoms with Gasteiger partial charge in [-0.25, -0.2) is 8.42 Å². The van der Waals surface area contributed by atoms with Crippen molar-refractivity contribution >= 4 is 21.4 Å². The maximum atomic E-state index is 11.9. The van der Waals surface area contributed by atoms with E-state index in [1.54, 1.807) is 36.4 Å². The van der Waals surface area contributed by atoms with E-state index in [9.17, 15) is 13.5 Å². The molecular formula is C13H14N2O3S. The average Bonchev–Trinajstić information content (AvgIpc) is 2.31. The minimum absolute atomic E-state index is 0.00712. The Hall–Kier alpha value is -2.21. The van der Waals surface area contributed by atoms with Crippen LogP contribution in [0.25, 0.3) is 0 Å². The molecule has 0 spiro atoms. The summed E-state index contributed by atoms with van der Waals surface area (Å²) in [5.41, 5.74) is 7.09. The maximum Gasteiger partial charge on any atom is 0.236 e. The maximum absolute atomic E-state index is 11.9. The number of nitrogens with two attached hydrogens (primary N) is 1. The van der Waals surface area contributed by atoms with Crippen molar-refractivity contribution in [1.82, 2.24) is 0 Å². The molecule has 5 nitrogen and oxygen atoms in total. The van der Waals surface area contributed by atoms with Gasteiger partial charge < -0.3 is 10.8 Å². The fourth-order valence-corrected chi connectivity index (χ4v) is 2.81. The lowest BCUT2D eigenvalue weighted by Gasteiger charge is -2.08. The molecule has 0 saturated heterocycles. The van der Waals surface area contributed by atoms with Crippen LogP contribution in [-0.2, 0) is 15.8 Å². The smallest absolute Gasteiger partial charge is 0.236 e. The number of sulfonamides is 1. The molecule has 0 saturated carbocycles. The number of phenols is 1. The standard InChI is InChI=1S/C13H14N2O3S/c14-11-6-4-10(5-7-11)9-19(17,18)15-12-2-1-3-13(16)8-12/h1-8,15-16H,9,14H2. The Balaban J connectivity index is 2.13. The lowest BCUT2D eigenvalue weighted by Crippen LogP contribution is -2.15. The second-order valence-electron chi connectivity index (χ2n) is 4.15. The van der Waals surface area contributed by atoms with Gasteiger partial charge in [0.25, 0.3) is 0 Å². The molecule has 0 aliphatic heterocycles. The SMILES string of the molecule is Nc1ccc(CS(=O)(=O)Nc2cccc(O)c2)cc1. The van der Waals surface area contributed by atoms with E-state index in [4.69, 9.17) is 5.73 Å². The minimum Gasteiger partial charge on any atom is -0.508 e. The summed E-state index contributed by atoms with van der Waals surface area (Å²) < 4.78 is 26.3. The molecule has 2 aromatic rings. The van der Waals surface area contributed by atoms with Gasteiger partial charge in [0.15, 0.2) is 0 Å². The molecule has 100 valence electrons. The topological polar surface area (TPSA) is 92.4 Å². The number of phenolic OH excluding ortho intramolecular Hbond substituents is 1. The van der Waals surface area contributed by atoms with Gasteiger partial charge in [-0.2, -0.15) is 0 Å². The Bertz CT molecular complexity index is 667. The molecule has 0 unspecified atom stereocenters. The molecule has 0 aromatic heterocycles. The van der Waals surface area contributed by atoms with Crippen LogP contribution >= 0.6 is 0 Å². The molecule has 0 radical (unpaired) electrons. The number of hydrogen-bond acceptors (Lipinski definition) is 4. The monoisotopic (exact) mass is 278 g/mol. The third-order valence-corrected chi connectivity index (χ3v) is 3.72. The van der Waals surface area contributed by atoms with E-state index in [1.807, 2.05) is 0 Å². The van der Waals surface area contributed by atoms with Crippen molar-refractivity contribution < 1.29 is 13.5 Å². The zero-order valence-corrected chi connectivity index (χ0v) is 10.9. The lowest BCUT2D eigenvalue weighted by molar-refractivity contribution is 0.475. The Kier molecular flexibility index (Phi) is 3.62. The second kappa shape index (κ2) is 5.19. The molecule has 19 heavy (non-hydrogen) atoms. The summed E-state index contributed by atoms with van der Waals surface area (Å²) in [6, 6.07) is 12.6. The summed E-state index contributed by atoms with van der Waals surface area (Å²) in [6.07, 6.45) is 0. The highest BCUT2D eigenvalue weighted by atomic mass is 32.2. The summed E-state index contributed by atoms with van der Waals surface area (Å²) in [6.45, 7) is 0. The van der Waals surface area contributed by atoms with Crippen molar-refractivity contribution in [3.8, 4) is 5.75 Å². The Morgan fingerprint density at radius 3 is 2.42 bits per heavy atom.